The maximum atomic E-state index is 15.3. The Morgan fingerprint density at radius 1 is 1.05 bits per heavy atom. The van der Waals surface area contributed by atoms with Gasteiger partial charge < -0.3 is 0 Å². The highest BCUT2D eigenvalue weighted by Crippen LogP contribution is 2.33. The molecule has 208 valence electrons. The molecule has 0 aliphatic carbocycles. The molecule has 0 saturated carbocycles. The van der Waals surface area contributed by atoms with E-state index in [-0.39, 0.29) is 29.5 Å². The minimum Gasteiger partial charge on any atom is -0.292 e. The van der Waals surface area contributed by atoms with E-state index in [9.17, 15) is 18.0 Å². The zero-order valence-electron chi connectivity index (χ0n) is 22.3. The molecule has 1 aromatic carbocycles. The van der Waals surface area contributed by atoms with Crippen LogP contribution in [0.15, 0.2) is 47.7 Å². The second-order valence-corrected chi connectivity index (χ2v) is 9.86. The Hall–Kier alpha value is -4.42. The summed E-state index contributed by atoms with van der Waals surface area (Å²) in [5, 5.41) is 0. The highest BCUT2D eigenvalue weighted by molar-refractivity contribution is 5.74. The van der Waals surface area contributed by atoms with Crippen molar-refractivity contribution in [1.29, 1.82) is 0 Å². The summed E-state index contributed by atoms with van der Waals surface area (Å²) < 4.78 is 75.0. The number of fused-ring (bicyclic) bond motifs is 1. The first kappa shape index (κ1) is 27.2. The molecule has 0 N–H and O–H groups in total. The van der Waals surface area contributed by atoms with Crippen molar-refractivity contribution < 1.29 is 26.5 Å². The zero-order valence-corrected chi connectivity index (χ0v) is 22.3. The fraction of sp³-hybridized carbons (Fsp3) is 0.296. The molecule has 8 nitrogen and oxygen atoms in total. The van der Waals surface area contributed by atoms with Gasteiger partial charge in [-0.2, -0.15) is 13.2 Å². The summed E-state index contributed by atoms with van der Waals surface area (Å²) >= 11 is 0. The minimum absolute atomic E-state index is 0.0798. The van der Waals surface area contributed by atoms with Crippen LogP contribution >= 0.6 is 0 Å². The van der Waals surface area contributed by atoms with Crippen LogP contribution in [-0.4, -0.2) is 28.7 Å². The van der Waals surface area contributed by atoms with Gasteiger partial charge in [-0.15, -0.1) is 0 Å². The standard InChI is InChI=1S/C27H25F5N7O/c1-14(2)22-16(7-6-8-33-22)23-34-11-19-24(35-23)39(26(40)37(19)4)12-15-9-17(28)21(18(29)10-15)25-36(3)13-20(38(25)5)27(30,31)32/h6-11,13-14H,12H2,1-5H3/q+1. The zero-order chi connectivity index (χ0) is 29.1. The first-order chi connectivity index (χ1) is 18.8. The first-order valence-corrected chi connectivity index (χ1v) is 12.3. The number of imidazole rings is 2. The van der Waals surface area contributed by atoms with Crippen LogP contribution in [0.1, 0.15) is 36.7 Å². The van der Waals surface area contributed by atoms with Crippen LogP contribution < -0.4 is 10.3 Å². The molecule has 0 saturated heterocycles. The summed E-state index contributed by atoms with van der Waals surface area (Å²) in [6.45, 7) is 3.72. The monoisotopic (exact) mass is 558 g/mol. The number of halogens is 5. The minimum atomic E-state index is -4.71. The van der Waals surface area contributed by atoms with E-state index in [1.807, 2.05) is 19.9 Å². The van der Waals surface area contributed by atoms with Crippen molar-refractivity contribution in [3.63, 3.8) is 0 Å². The predicted molar refractivity (Wildman–Crippen MR) is 136 cm³/mol. The van der Waals surface area contributed by atoms with Crippen LogP contribution in [0, 0.1) is 11.6 Å². The summed E-state index contributed by atoms with van der Waals surface area (Å²) in [5.74, 6) is -2.02. The van der Waals surface area contributed by atoms with E-state index in [4.69, 9.17) is 0 Å². The number of rotatable bonds is 5. The topological polar surface area (TPSA) is 74.4 Å². The summed E-state index contributed by atoms with van der Waals surface area (Å²) in [4.78, 5) is 26.6. The third-order valence-electron chi connectivity index (χ3n) is 6.80. The SMILES string of the molecule is CC(C)c1ncccc1-c1ncc2c(n1)n(Cc1cc(F)c(-c3n(C)c(C(F)(F)F)c[n+]3C)c(F)c1)c(=O)n2C. The van der Waals surface area contributed by atoms with Gasteiger partial charge in [0.2, 0.25) is 5.69 Å². The van der Waals surface area contributed by atoms with E-state index in [2.05, 4.69) is 15.0 Å². The van der Waals surface area contributed by atoms with Crippen LogP contribution in [0.2, 0.25) is 0 Å². The number of aromatic nitrogens is 7. The van der Waals surface area contributed by atoms with Crippen molar-refractivity contribution in [3.05, 3.63) is 81.9 Å². The maximum Gasteiger partial charge on any atom is 0.457 e. The molecule has 0 unspecified atom stereocenters. The summed E-state index contributed by atoms with van der Waals surface area (Å²) in [7, 11) is 3.90. The number of hydrogen-bond acceptors (Lipinski definition) is 4. The highest BCUT2D eigenvalue weighted by Gasteiger charge is 2.42. The Morgan fingerprint density at radius 2 is 1.73 bits per heavy atom. The number of pyridine rings is 1. The van der Waals surface area contributed by atoms with Crippen molar-refractivity contribution in [2.24, 2.45) is 21.1 Å². The largest absolute Gasteiger partial charge is 0.457 e. The molecule has 0 aliphatic heterocycles. The predicted octanol–water partition coefficient (Wildman–Crippen LogP) is 4.49. The van der Waals surface area contributed by atoms with Crippen molar-refractivity contribution in [3.8, 4) is 22.8 Å². The van der Waals surface area contributed by atoms with Crippen LogP contribution in [0.5, 0.6) is 0 Å². The molecule has 5 rings (SSSR count). The third kappa shape index (κ3) is 4.44. The van der Waals surface area contributed by atoms with Crippen molar-refractivity contribution in [2.45, 2.75) is 32.5 Å². The molecule has 5 aromatic rings. The lowest BCUT2D eigenvalue weighted by atomic mass is 10.0. The molecule has 0 amide bonds. The molecule has 0 radical (unpaired) electrons. The quantitative estimate of drug-likeness (QED) is 0.235. The maximum absolute atomic E-state index is 15.3. The Morgan fingerprint density at radius 3 is 2.33 bits per heavy atom. The van der Waals surface area contributed by atoms with Crippen LogP contribution in [-0.2, 0) is 33.9 Å². The molecule has 0 bridgehead atoms. The lowest BCUT2D eigenvalue weighted by Crippen LogP contribution is -2.29. The average molecular weight is 559 g/mol. The van der Waals surface area contributed by atoms with Gasteiger partial charge in [0, 0.05) is 18.8 Å². The van der Waals surface area contributed by atoms with Gasteiger partial charge in [-0.25, -0.2) is 32.7 Å². The van der Waals surface area contributed by atoms with E-state index in [0.717, 1.165) is 35.6 Å². The van der Waals surface area contributed by atoms with Crippen molar-refractivity contribution in [1.82, 2.24) is 28.7 Å². The Labute approximate surface area is 225 Å². The lowest BCUT2D eigenvalue weighted by Gasteiger charge is -2.11. The summed E-state index contributed by atoms with van der Waals surface area (Å²) in [6, 6.07) is 5.59. The average Bonchev–Trinajstić information content (AvgIpc) is 3.31. The van der Waals surface area contributed by atoms with Gasteiger partial charge in [-0.05, 0) is 35.7 Å². The number of alkyl halides is 3. The van der Waals surface area contributed by atoms with Gasteiger partial charge in [0.05, 0.1) is 32.5 Å². The number of nitrogens with zero attached hydrogens (tertiary/aromatic N) is 7. The van der Waals surface area contributed by atoms with Crippen LogP contribution in [0.25, 0.3) is 33.9 Å². The van der Waals surface area contributed by atoms with E-state index >= 15 is 8.78 Å². The van der Waals surface area contributed by atoms with Crippen molar-refractivity contribution in [2.75, 3.05) is 0 Å². The first-order valence-electron chi connectivity index (χ1n) is 12.3. The molecule has 13 heteroatoms. The lowest BCUT2D eigenvalue weighted by molar-refractivity contribution is -0.660. The molecule has 40 heavy (non-hydrogen) atoms. The van der Waals surface area contributed by atoms with Gasteiger partial charge in [0.1, 0.15) is 28.9 Å². The highest BCUT2D eigenvalue weighted by atomic mass is 19.4. The van der Waals surface area contributed by atoms with Gasteiger partial charge in [-0.1, -0.05) is 13.8 Å². The van der Waals surface area contributed by atoms with Gasteiger partial charge in [0.15, 0.2) is 11.5 Å². The molecular weight excluding hydrogens is 533 g/mol. The third-order valence-corrected chi connectivity index (χ3v) is 6.80. The van der Waals surface area contributed by atoms with Crippen LogP contribution in [0.3, 0.4) is 0 Å². The normalized spacial score (nSPS) is 12.2. The fourth-order valence-corrected chi connectivity index (χ4v) is 4.92. The molecule has 0 spiro atoms. The number of aryl methyl sites for hydroxylation is 2. The Kier molecular flexibility index (Phi) is 6.55. The van der Waals surface area contributed by atoms with E-state index in [0.29, 0.717) is 21.5 Å². The second-order valence-electron chi connectivity index (χ2n) is 9.86. The van der Waals surface area contributed by atoms with Gasteiger partial charge in [-0.3, -0.25) is 14.1 Å². The van der Waals surface area contributed by atoms with E-state index in [1.165, 1.54) is 29.4 Å². The van der Waals surface area contributed by atoms with E-state index < -0.39 is 34.8 Å². The Balaban J connectivity index is 1.60. The van der Waals surface area contributed by atoms with E-state index in [1.54, 1.807) is 12.3 Å². The number of benzene rings is 1. The summed E-state index contributed by atoms with van der Waals surface area (Å²) in [5.41, 5.74) is 0.0699. The molecule has 4 aromatic heterocycles. The number of hydrogen-bond donors (Lipinski definition) is 0. The summed E-state index contributed by atoms with van der Waals surface area (Å²) in [6.07, 6.45) is -0.770. The molecule has 4 heterocycles. The van der Waals surface area contributed by atoms with Gasteiger partial charge >= 0.3 is 11.9 Å². The Bertz CT molecular complexity index is 1810. The van der Waals surface area contributed by atoms with Crippen molar-refractivity contribution >= 4 is 11.2 Å². The fourth-order valence-electron chi connectivity index (χ4n) is 4.92. The van der Waals surface area contributed by atoms with Crippen LogP contribution in [0.4, 0.5) is 22.0 Å². The molecule has 0 fully saturated rings. The van der Waals surface area contributed by atoms with Gasteiger partial charge in [0.25, 0.3) is 5.82 Å². The smallest absolute Gasteiger partial charge is 0.292 e. The molecule has 0 atom stereocenters. The second kappa shape index (κ2) is 9.65. The molecule has 0 aliphatic rings. The molecular formula is C27H25F5N7O+.